The van der Waals surface area contributed by atoms with Crippen LogP contribution in [0.25, 0.3) is 0 Å². The van der Waals surface area contributed by atoms with Crippen molar-refractivity contribution in [3.8, 4) is 5.75 Å². The molecule has 0 aliphatic carbocycles. The highest BCUT2D eigenvalue weighted by Crippen LogP contribution is 2.23. The van der Waals surface area contributed by atoms with E-state index < -0.39 is 6.04 Å². The predicted octanol–water partition coefficient (Wildman–Crippen LogP) is 2.93. The summed E-state index contributed by atoms with van der Waals surface area (Å²) < 4.78 is 7.20. The van der Waals surface area contributed by atoms with Gasteiger partial charge in [-0.1, -0.05) is 12.1 Å². The van der Waals surface area contributed by atoms with E-state index >= 15 is 0 Å². The molecule has 4 heteroatoms. The molecule has 2 aromatic rings. The van der Waals surface area contributed by atoms with E-state index in [9.17, 15) is 4.79 Å². The van der Waals surface area contributed by atoms with Gasteiger partial charge in [0.15, 0.2) is 0 Å². The number of hydrogen-bond acceptors (Lipinski definition) is 3. The molecule has 1 atom stereocenters. The third-order valence-electron chi connectivity index (χ3n) is 3.93. The van der Waals surface area contributed by atoms with E-state index in [2.05, 4.69) is 0 Å². The molecule has 1 aromatic carbocycles. The van der Waals surface area contributed by atoms with Crippen LogP contribution in [-0.4, -0.2) is 11.2 Å². The number of aromatic nitrogens is 1. The van der Waals surface area contributed by atoms with Crippen molar-refractivity contribution in [2.75, 3.05) is 6.61 Å². The van der Waals surface area contributed by atoms with E-state index in [0.717, 1.165) is 22.6 Å². The average molecular weight is 300 g/mol. The molecule has 118 valence electrons. The first-order valence-electron chi connectivity index (χ1n) is 7.68. The van der Waals surface area contributed by atoms with Gasteiger partial charge in [-0.25, -0.2) is 0 Å². The van der Waals surface area contributed by atoms with Gasteiger partial charge in [0.25, 0.3) is 5.56 Å². The van der Waals surface area contributed by atoms with Crippen molar-refractivity contribution in [3.05, 3.63) is 63.1 Å². The van der Waals surface area contributed by atoms with Gasteiger partial charge in [0, 0.05) is 17.8 Å². The van der Waals surface area contributed by atoms with Crippen molar-refractivity contribution in [3.63, 3.8) is 0 Å². The zero-order valence-corrected chi connectivity index (χ0v) is 13.7. The molecule has 0 amide bonds. The maximum absolute atomic E-state index is 12.7. The van der Waals surface area contributed by atoms with Gasteiger partial charge in [0.05, 0.1) is 12.6 Å². The summed E-state index contributed by atoms with van der Waals surface area (Å²) in [5.74, 6) is 0.810. The summed E-state index contributed by atoms with van der Waals surface area (Å²) in [7, 11) is 0. The molecule has 2 rings (SSSR count). The van der Waals surface area contributed by atoms with Crippen molar-refractivity contribution < 1.29 is 4.74 Å². The predicted molar refractivity (Wildman–Crippen MR) is 89.5 cm³/mol. The molecule has 2 N–H and O–H groups in total. The van der Waals surface area contributed by atoms with Gasteiger partial charge < -0.3 is 15.0 Å². The largest absolute Gasteiger partial charge is 0.494 e. The van der Waals surface area contributed by atoms with Gasteiger partial charge in [-0.2, -0.15) is 0 Å². The first-order chi connectivity index (χ1) is 10.5. The number of pyridine rings is 1. The summed E-state index contributed by atoms with van der Waals surface area (Å²) in [6.45, 7) is 9.08. The summed E-state index contributed by atoms with van der Waals surface area (Å²) in [6.07, 6.45) is 0. The lowest BCUT2D eigenvalue weighted by atomic mass is 9.96. The molecule has 0 radical (unpaired) electrons. The molecule has 0 aliphatic heterocycles. The molecule has 0 saturated heterocycles. The second-order valence-corrected chi connectivity index (χ2v) is 5.41. The third kappa shape index (κ3) is 3.07. The van der Waals surface area contributed by atoms with Gasteiger partial charge in [-0.3, -0.25) is 4.79 Å². The summed E-state index contributed by atoms with van der Waals surface area (Å²) in [4.78, 5) is 12.7. The molecule has 0 spiro atoms. The number of nitrogens with zero attached hydrogens (tertiary/aromatic N) is 1. The van der Waals surface area contributed by atoms with E-state index in [0.29, 0.717) is 18.7 Å². The van der Waals surface area contributed by atoms with Crippen LogP contribution in [0.5, 0.6) is 5.75 Å². The number of hydrogen-bond donors (Lipinski definition) is 1. The molecule has 1 unspecified atom stereocenters. The Labute approximate surface area is 131 Å². The van der Waals surface area contributed by atoms with E-state index in [4.69, 9.17) is 10.5 Å². The Morgan fingerprint density at radius 1 is 1.18 bits per heavy atom. The number of aryl methyl sites for hydroxylation is 2. The Bertz CT molecular complexity index is 702. The lowest BCUT2D eigenvalue weighted by Crippen LogP contribution is -2.31. The summed E-state index contributed by atoms with van der Waals surface area (Å²) >= 11 is 0. The molecular weight excluding hydrogens is 276 g/mol. The molecule has 22 heavy (non-hydrogen) atoms. The number of benzene rings is 1. The second kappa shape index (κ2) is 6.79. The van der Waals surface area contributed by atoms with E-state index in [-0.39, 0.29) is 5.56 Å². The summed E-state index contributed by atoms with van der Waals surface area (Å²) in [5.41, 5.74) is 9.84. The van der Waals surface area contributed by atoms with Crippen molar-refractivity contribution in [1.29, 1.82) is 0 Å². The van der Waals surface area contributed by atoms with Crippen molar-refractivity contribution >= 4 is 0 Å². The first kappa shape index (κ1) is 16.3. The topological polar surface area (TPSA) is 57.2 Å². The van der Waals surface area contributed by atoms with Gasteiger partial charge in [0.2, 0.25) is 0 Å². The van der Waals surface area contributed by atoms with Crippen LogP contribution in [0.15, 0.2) is 35.1 Å². The Hall–Kier alpha value is -2.07. The van der Waals surface area contributed by atoms with Gasteiger partial charge >= 0.3 is 0 Å². The SMILES string of the molecule is CCOc1ccc(C(N)c2c(C)cc(C)n(CC)c2=O)cc1. The minimum atomic E-state index is -0.429. The maximum atomic E-state index is 12.7. The van der Waals surface area contributed by atoms with Crippen LogP contribution >= 0.6 is 0 Å². The highest BCUT2D eigenvalue weighted by molar-refractivity contribution is 5.38. The Morgan fingerprint density at radius 3 is 2.36 bits per heavy atom. The van der Waals surface area contributed by atoms with E-state index in [1.54, 1.807) is 4.57 Å². The van der Waals surface area contributed by atoms with Crippen LogP contribution in [0, 0.1) is 13.8 Å². The molecule has 0 bridgehead atoms. The minimum absolute atomic E-state index is 0.00128. The molecular formula is C18H24N2O2. The Kier molecular flexibility index (Phi) is 5.03. The Balaban J connectivity index is 2.45. The highest BCUT2D eigenvalue weighted by atomic mass is 16.5. The average Bonchev–Trinajstić information content (AvgIpc) is 2.48. The minimum Gasteiger partial charge on any atom is -0.494 e. The molecule has 1 aromatic heterocycles. The molecule has 0 fully saturated rings. The molecule has 0 aliphatic rings. The normalized spacial score (nSPS) is 12.2. The molecule has 4 nitrogen and oxygen atoms in total. The zero-order chi connectivity index (χ0) is 16.3. The van der Waals surface area contributed by atoms with Gasteiger partial charge in [-0.15, -0.1) is 0 Å². The van der Waals surface area contributed by atoms with Crippen LogP contribution in [0.3, 0.4) is 0 Å². The molecule has 0 saturated carbocycles. The van der Waals surface area contributed by atoms with Crippen molar-refractivity contribution in [2.45, 2.75) is 40.3 Å². The fraction of sp³-hybridized carbons (Fsp3) is 0.389. The van der Waals surface area contributed by atoms with E-state index in [1.807, 2.05) is 58.0 Å². The van der Waals surface area contributed by atoms with Crippen molar-refractivity contribution in [1.82, 2.24) is 4.57 Å². The van der Waals surface area contributed by atoms with Crippen LogP contribution in [0.4, 0.5) is 0 Å². The number of ether oxygens (including phenoxy) is 1. The number of nitrogens with two attached hydrogens (primary N) is 1. The number of rotatable bonds is 5. The van der Waals surface area contributed by atoms with Gasteiger partial charge in [-0.05, 0) is 57.0 Å². The highest BCUT2D eigenvalue weighted by Gasteiger charge is 2.18. The quantitative estimate of drug-likeness (QED) is 0.923. The summed E-state index contributed by atoms with van der Waals surface area (Å²) in [6, 6.07) is 9.21. The third-order valence-corrected chi connectivity index (χ3v) is 3.93. The lowest BCUT2D eigenvalue weighted by Gasteiger charge is -2.18. The standard InChI is InChI=1S/C18H24N2O2/c1-5-20-13(4)11-12(3)16(18(20)21)17(19)14-7-9-15(10-8-14)22-6-2/h7-11,17H,5-6,19H2,1-4H3. The first-order valence-corrected chi connectivity index (χ1v) is 7.68. The van der Waals surface area contributed by atoms with Crippen LogP contribution < -0.4 is 16.0 Å². The monoisotopic (exact) mass is 300 g/mol. The second-order valence-electron chi connectivity index (χ2n) is 5.41. The molecule has 1 heterocycles. The van der Waals surface area contributed by atoms with Crippen LogP contribution in [0.1, 0.15) is 42.3 Å². The smallest absolute Gasteiger partial charge is 0.256 e. The fourth-order valence-electron chi connectivity index (χ4n) is 2.82. The lowest BCUT2D eigenvalue weighted by molar-refractivity contribution is 0.340. The summed E-state index contributed by atoms with van der Waals surface area (Å²) in [5, 5.41) is 0. The van der Waals surface area contributed by atoms with E-state index in [1.165, 1.54) is 0 Å². The maximum Gasteiger partial charge on any atom is 0.256 e. The fourth-order valence-corrected chi connectivity index (χ4v) is 2.82. The van der Waals surface area contributed by atoms with Crippen LogP contribution in [0.2, 0.25) is 0 Å². The van der Waals surface area contributed by atoms with Crippen LogP contribution in [-0.2, 0) is 6.54 Å². The zero-order valence-electron chi connectivity index (χ0n) is 13.7. The van der Waals surface area contributed by atoms with Gasteiger partial charge in [0.1, 0.15) is 5.75 Å². The van der Waals surface area contributed by atoms with Crippen molar-refractivity contribution in [2.24, 2.45) is 5.73 Å². The Morgan fingerprint density at radius 2 is 1.82 bits per heavy atom.